The third-order valence-corrected chi connectivity index (χ3v) is 23.1. The highest BCUT2D eigenvalue weighted by atomic mass is 32.3. The Kier molecular flexibility index (Phi) is 12.1. The second kappa shape index (κ2) is 16.0. The molecule has 4 heterocycles. The van der Waals surface area contributed by atoms with E-state index in [1.165, 1.54) is 78.5 Å². The number of hydrogen-bond donors (Lipinski definition) is 0. The van der Waals surface area contributed by atoms with Crippen molar-refractivity contribution in [2.75, 3.05) is 17.3 Å². The summed E-state index contributed by atoms with van der Waals surface area (Å²) in [5.41, 5.74) is 5.96. The molecule has 0 N–H and O–H groups in total. The molecule has 0 aliphatic carbocycles. The van der Waals surface area contributed by atoms with Gasteiger partial charge in [-0.15, -0.1) is 45.3 Å². The number of hydrogen-bond acceptors (Lipinski definition) is 4. The first-order chi connectivity index (χ1) is 25.1. The van der Waals surface area contributed by atoms with Gasteiger partial charge in [0, 0.05) is 39.0 Å². The fraction of sp³-hybridized carbons (Fsp3) is 0.417. The van der Waals surface area contributed by atoms with Crippen LogP contribution in [0.4, 0.5) is 0 Å². The summed E-state index contributed by atoms with van der Waals surface area (Å²) in [7, 11) is -0.782. The van der Waals surface area contributed by atoms with E-state index >= 15 is 0 Å². The van der Waals surface area contributed by atoms with Crippen molar-refractivity contribution in [1.82, 2.24) is 0 Å². The molecule has 282 valence electrons. The Hall–Kier alpha value is -2.41. The van der Waals surface area contributed by atoms with Crippen molar-refractivity contribution in [3.8, 4) is 40.4 Å². The molecule has 1 unspecified atom stereocenters. The summed E-state index contributed by atoms with van der Waals surface area (Å²) in [5.74, 6) is 4.46. The normalized spacial score (nSPS) is 13.8. The molecule has 0 saturated carbocycles. The summed E-state index contributed by atoms with van der Waals surface area (Å²) in [6.45, 7) is 26.4. The average molecular weight is 797 g/mol. The highest BCUT2D eigenvalue weighted by Crippen LogP contribution is 2.62. The zero-order valence-electron chi connectivity index (χ0n) is 33.9. The van der Waals surface area contributed by atoms with Crippen molar-refractivity contribution in [3.05, 3.63) is 118 Å². The van der Waals surface area contributed by atoms with Crippen molar-refractivity contribution < 1.29 is 0 Å². The lowest BCUT2D eigenvalue weighted by Crippen LogP contribution is -2.42. The molecule has 6 aromatic rings. The molecule has 0 radical (unpaired) electrons. The molecule has 0 aliphatic rings. The van der Waals surface area contributed by atoms with E-state index in [-0.39, 0.29) is 15.6 Å². The first-order valence-corrected chi connectivity index (χ1v) is 24.8. The number of thiophene rings is 4. The first kappa shape index (κ1) is 40.3. The first-order valence-electron chi connectivity index (χ1n) is 19.4. The van der Waals surface area contributed by atoms with Crippen molar-refractivity contribution in [2.45, 2.75) is 105 Å². The molecule has 0 amide bonds. The van der Waals surface area contributed by atoms with Crippen LogP contribution in [0.2, 0.25) is 0 Å². The maximum absolute atomic E-state index is 2.61. The standard InChI is InChI=1S/C48H60S5/c1-12-53(13-2,14-3)48(10,11)37(32-34-17-21-36(22-18-34)39-27-29-44(51-39)46(4,5)6)31-33-15-19-35(20-16-33)38-23-24-40(49-38)41-25-26-42(50-41)43-28-30-45(52-43)47(7,8)9/h15-30,37H,12-14,31-32H2,1-11H3. The average Bonchev–Trinajstić information content (AvgIpc) is 3.95. The van der Waals surface area contributed by atoms with E-state index in [0.717, 1.165) is 12.8 Å². The van der Waals surface area contributed by atoms with Gasteiger partial charge in [0.05, 0.1) is 0 Å². The van der Waals surface area contributed by atoms with Crippen molar-refractivity contribution in [3.63, 3.8) is 0 Å². The molecule has 0 bridgehead atoms. The Bertz CT molecular complexity index is 2070. The van der Waals surface area contributed by atoms with E-state index in [2.05, 4.69) is 173 Å². The van der Waals surface area contributed by atoms with E-state index in [4.69, 9.17) is 0 Å². The molecule has 2 aromatic carbocycles. The van der Waals surface area contributed by atoms with Crippen molar-refractivity contribution in [2.24, 2.45) is 5.92 Å². The Balaban J connectivity index is 1.20. The van der Waals surface area contributed by atoms with E-state index in [9.17, 15) is 0 Å². The largest absolute Gasteiger partial charge is 0.236 e. The smallest absolute Gasteiger partial charge is 0.0449 e. The SMILES string of the molecule is CCS(CC)(CC)C(C)(C)C(Cc1ccc(-c2ccc(-c3ccc(-c4ccc(C(C)(C)C)s4)s3)s2)cc1)Cc1ccc(-c2ccc(C(C)(C)C)s2)cc1. The maximum Gasteiger partial charge on any atom is 0.0449 e. The minimum atomic E-state index is -0.782. The van der Waals surface area contributed by atoms with Crippen LogP contribution in [0.3, 0.4) is 0 Å². The van der Waals surface area contributed by atoms with Gasteiger partial charge in [-0.05, 0) is 122 Å². The van der Waals surface area contributed by atoms with Gasteiger partial charge in [-0.1, -0.05) is 125 Å². The van der Waals surface area contributed by atoms with Crippen LogP contribution in [0.1, 0.15) is 97.0 Å². The molecular weight excluding hydrogens is 737 g/mol. The van der Waals surface area contributed by atoms with Gasteiger partial charge in [0.25, 0.3) is 0 Å². The monoisotopic (exact) mass is 796 g/mol. The highest BCUT2D eigenvalue weighted by Gasteiger charge is 2.42. The highest BCUT2D eigenvalue weighted by molar-refractivity contribution is 8.34. The van der Waals surface area contributed by atoms with E-state index < -0.39 is 10.0 Å². The minimum absolute atomic E-state index is 0.190. The Morgan fingerprint density at radius 3 is 1.13 bits per heavy atom. The predicted molar refractivity (Wildman–Crippen MR) is 248 cm³/mol. The molecule has 6 rings (SSSR count). The zero-order chi connectivity index (χ0) is 38.2. The predicted octanol–water partition coefficient (Wildman–Crippen LogP) is 16.2. The Labute approximate surface area is 339 Å². The Morgan fingerprint density at radius 2 is 0.736 bits per heavy atom. The van der Waals surface area contributed by atoms with Crippen LogP contribution in [0, 0.1) is 5.92 Å². The van der Waals surface area contributed by atoms with Gasteiger partial charge in [-0.2, -0.15) is 0 Å². The summed E-state index contributed by atoms with van der Waals surface area (Å²) in [6, 6.07) is 37.6. The third kappa shape index (κ3) is 8.70. The second-order valence-corrected chi connectivity index (χ2v) is 26.4. The Morgan fingerprint density at radius 1 is 0.415 bits per heavy atom. The van der Waals surface area contributed by atoms with Crippen LogP contribution >= 0.6 is 55.4 Å². The van der Waals surface area contributed by atoms with Gasteiger partial charge in [0.15, 0.2) is 0 Å². The molecule has 0 spiro atoms. The summed E-state index contributed by atoms with van der Waals surface area (Å²) < 4.78 is 0.262. The fourth-order valence-corrected chi connectivity index (χ4v) is 16.5. The van der Waals surface area contributed by atoms with Crippen LogP contribution < -0.4 is 0 Å². The molecule has 0 saturated heterocycles. The van der Waals surface area contributed by atoms with E-state index in [1.54, 1.807) is 0 Å². The van der Waals surface area contributed by atoms with Crippen LogP contribution in [0.5, 0.6) is 0 Å². The van der Waals surface area contributed by atoms with Gasteiger partial charge < -0.3 is 0 Å². The molecular formula is C48H60S5. The molecule has 5 heteroatoms. The van der Waals surface area contributed by atoms with Gasteiger partial charge in [-0.25, -0.2) is 10.0 Å². The van der Waals surface area contributed by atoms with Crippen molar-refractivity contribution in [1.29, 1.82) is 0 Å². The van der Waals surface area contributed by atoms with Gasteiger partial charge in [0.1, 0.15) is 0 Å². The van der Waals surface area contributed by atoms with Crippen LogP contribution in [0.15, 0.2) is 97.1 Å². The summed E-state index contributed by atoms with van der Waals surface area (Å²) in [5, 5.41) is 0. The van der Waals surface area contributed by atoms with Gasteiger partial charge in [-0.3, -0.25) is 0 Å². The minimum Gasteiger partial charge on any atom is -0.236 e. The molecule has 4 aromatic heterocycles. The summed E-state index contributed by atoms with van der Waals surface area (Å²) in [6.07, 6.45) is 2.22. The molecule has 53 heavy (non-hydrogen) atoms. The number of benzene rings is 2. The lowest BCUT2D eigenvalue weighted by molar-refractivity contribution is 0.411. The van der Waals surface area contributed by atoms with Gasteiger partial charge in [0.2, 0.25) is 0 Å². The number of rotatable bonds is 13. The van der Waals surface area contributed by atoms with Crippen LogP contribution in [0.25, 0.3) is 40.4 Å². The summed E-state index contributed by atoms with van der Waals surface area (Å²) >= 11 is 7.70. The molecule has 1 atom stereocenters. The summed E-state index contributed by atoms with van der Waals surface area (Å²) in [4.78, 5) is 11.1. The van der Waals surface area contributed by atoms with Crippen LogP contribution in [-0.2, 0) is 23.7 Å². The molecule has 0 aliphatic heterocycles. The fourth-order valence-electron chi connectivity index (χ4n) is 7.82. The molecule has 0 nitrogen and oxygen atoms in total. The van der Waals surface area contributed by atoms with E-state index in [0.29, 0.717) is 5.92 Å². The lowest BCUT2D eigenvalue weighted by atomic mass is 9.83. The quantitative estimate of drug-likeness (QED) is 0.109. The van der Waals surface area contributed by atoms with Crippen LogP contribution in [-0.4, -0.2) is 22.0 Å². The van der Waals surface area contributed by atoms with Gasteiger partial charge >= 0.3 is 0 Å². The molecule has 0 fully saturated rings. The lowest BCUT2D eigenvalue weighted by Gasteiger charge is -2.55. The third-order valence-electron chi connectivity index (χ3n) is 11.6. The van der Waals surface area contributed by atoms with Crippen molar-refractivity contribution >= 4 is 55.4 Å². The van der Waals surface area contributed by atoms with E-state index in [1.807, 2.05) is 45.3 Å². The zero-order valence-corrected chi connectivity index (χ0v) is 38.0. The maximum atomic E-state index is 2.61. The second-order valence-electron chi connectivity index (χ2n) is 17.2. The topological polar surface area (TPSA) is 0 Å².